The van der Waals surface area contributed by atoms with Gasteiger partial charge in [0.15, 0.2) is 15.7 Å². The van der Waals surface area contributed by atoms with Gasteiger partial charge in [-0.15, -0.1) is 0 Å². The highest BCUT2D eigenvalue weighted by Crippen LogP contribution is 2.38. The molecule has 14 heteroatoms. The number of carbonyl (C=O) groups excluding carboxylic acids is 2. The number of nitrogens with one attached hydrogen (secondary N) is 2. The average molecular weight is 724 g/mol. The lowest BCUT2D eigenvalue weighted by Gasteiger charge is -2.37. The zero-order chi connectivity index (χ0) is 35.6. The van der Waals surface area contributed by atoms with Gasteiger partial charge in [-0.3, -0.25) is 9.59 Å². The van der Waals surface area contributed by atoms with Gasteiger partial charge in [0.2, 0.25) is 11.9 Å². The van der Waals surface area contributed by atoms with Crippen LogP contribution in [0.1, 0.15) is 74.7 Å². The fourth-order valence-corrected chi connectivity index (χ4v) is 9.18. The van der Waals surface area contributed by atoms with Crippen LogP contribution in [-0.4, -0.2) is 96.0 Å². The fraction of sp³-hybridized carbons (Fsp3) is 0.500. The summed E-state index contributed by atoms with van der Waals surface area (Å²) >= 11 is 6.54. The van der Waals surface area contributed by atoms with Gasteiger partial charge in [-0.05, 0) is 83.5 Å². The van der Waals surface area contributed by atoms with Crippen molar-refractivity contribution in [1.82, 2.24) is 24.7 Å². The van der Waals surface area contributed by atoms with Crippen LogP contribution in [0.4, 0.5) is 23.1 Å². The Labute approximate surface area is 299 Å². The molecule has 1 aromatic heterocycles. The topological polar surface area (TPSA) is 137 Å². The van der Waals surface area contributed by atoms with E-state index in [2.05, 4.69) is 20.6 Å². The fourth-order valence-electron chi connectivity index (χ4n) is 7.04. The van der Waals surface area contributed by atoms with E-state index in [1.165, 1.54) is 6.20 Å². The smallest absolute Gasteiger partial charge is 0.254 e. The minimum Gasteiger partial charge on any atom is -0.489 e. The SMILES string of the molecule is CC(C)Oc1cc2c(cc1Nc1ncc(Cl)c(Nc3ccccc3S(=O)(=O)C3CCCCC3)n1)C(=O)N(C1CCN(C(=O)CN(C)C)CC1)C2. The molecule has 2 aromatic carbocycles. The molecule has 12 nitrogen and oxygen atoms in total. The maximum atomic E-state index is 13.8. The Kier molecular flexibility index (Phi) is 10.8. The highest BCUT2D eigenvalue weighted by atomic mass is 35.5. The zero-order valence-electron chi connectivity index (χ0n) is 29.1. The lowest BCUT2D eigenvalue weighted by atomic mass is 10.0. The normalized spacial score (nSPS) is 17.4. The summed E-state index contributed by atoms with van der Waals surface area (Å²) in [4.78, 5) is 41.2. The number of fused-ring (bicyclic) bond motifs is 1. The van der Waals surface area contributed by atoms with Crippen molar-refractivity contribution in [2.45, 2.75) is 87.6 Å². The first kappa shape index (κ1) is 35.9. The molecule has 3 heterocycles. The molecule has 0 unspecified atom stereocenters. The van der Waals surface area contributed by atoms with Gasteiger partial charge in [-0.25, -0.2) is 13.4 Å². The van der Waals surface area contributed by atoms with Crippen LogP contribution in [0.3, 0.4) is 0 Å². The quantitative estimate of drug-likeness (QED) is 0.242. The number of benzene rings is 2. The van der Waals surface area contributed by atoms with E-state index >= 15 is 0 Å². The number of ether oxygens (including phenoxy) is 1. The molecule has 3 aliphatic rings. The van der Waals surface area contributed by atoms with Crippen LogP contribution in [0.15, 0.2) is 47.5 Å². The van der Waals surface area contributed by atoms with E-state index in [0.717, 1.165) is 37.7 Å². The van der Waals surface area contributed by atoms with Crippen molar-refractivity contribution in [3.8, 4) is 5.75 Å². The minimum atomic E-state index is -3.57. The number of hydrogen-bond donors (Lipinski definition) is 2. The molecule has 2 aliphatic heterocycles. The second-order valence-corrected chi connectivity index (χ2v) is 16.5. The molecule has 0 spiro atoms. The summed E-state index contributed by atoms with van der Waals surface area (Å²) in [6.07, 6.45) is 6.90. The van der Waals surface area contributed by atoms with Gasteiger partial charge in [0.05, 0.1) is 40.4 Å². The number of aromatic nitrogens is 2. The van der Waals surface area contributed by atoms with Gasteiger partial charge >= 0.3 is 0 Å². The number of nitrogens with zero attached hydrogens (tertiary/aromatic N) is 5. The van der Waals surface area contributed by atoms with Crippen LogP contribution in [0.2, 0.25) is 5.02 Å². The van der Waals surface area contributed by atoms with Crippen molar-refractivity contribution in [2.75, 3.05) is 44.4 Å². The van der Waals surface area contributed by atoms with Crippen LogP contribution >= 0.6 is 11.6 Å². The predicted molar refractivity (Wildman–Crippen MR) is 194 cm³/mol. The number of hydrogen-bond acceptors (Lipinski definition) is 10. The van der Waals surface area contributed by atoms with Crippen LogP contribution in [0.5, 0.6) is 5.75 Å². The summed E-state index contributed by atoms with van der Waals surface area (Å²) in [6.45, 7) is 5.94. The van der Waals surface area contributed by atoms with Crippen molar-refractivity contribution < 1.29 is 22.7 Å². The number of para-hydroxylation sites is 1. The average Bonchev–Trinajstić information content (AvgIpc) is 3.41. The molecule has 0 radical (unpaired) electrons. The monoisotopic (exact) mass is 723 g/mol. The third kappa shape index (κ3) is 7.84. The Morgan fingerprint density at radius 1 is 1.04 bits per heavy atom. The van der Waals surface area contributed by atoms with Gasteiger partial charge in [0.25, 0.3) is 5.91 Å². The Morgan fingerprint density at radius 2 is 1.76 bits per heavy atom. The molecule has 2 N–H and O–H groups in total. The number of halogens is 1. The Balaban J connectivity index is 1.22. The van der Waals surface area contributed by atoms with E-state index in [-0.39, 0.29) is 45.6 Å². The summed E-state index contributed by atoms with van der Waals surface area (Å²) < 4.78 is 33.5. The molecular formula is C36H46ClN7O5S. The highest BCUT2D eigenvalue weighted by Gasteiger charge is 2.36. The molecule has 268 valence electrons. The van der Waals surface area contributed by atoms with Gasteiger partial charge in [-0.1, -0.05) is 43.0 Å². The third-order valence-electron chi connectivity index (χ3n) is 9.54. The number of rotatable bonds is 11. The van der Waals surface area contributed by atoms with Gasteiger partial charge < -0.3 is 30.1 Å². The molecule has 1 aliphatic carbocycles. The predicted octanol–water partition coefficient (Wildman–Crippen LogP) is 6.02. The maximum absolute atomic E-state index is 13.8. The van der Waals surface area contributed by atoms with Crippen LogP contribution in [-0.2, 0) is 21.2 Å². The summed E-state index contributed by atoms with van der Waals surface area (Å²) in [7, 11) is 0.191. The van der Waals surface area contributed by atoms with Crippen molar-refractivity contribution in [1.29, 1.82) is 0 Å². The Bertz CT molecular complexity index is 1840. The Morgan fingerprint density at radius 3 is 2.46 bits per heavy atom. The zero-order valence-corrected chi connectivity index (χ0v) is 30.7. The lowest BCUT2D eigenvalue weighted by molar-refractivity contribution is -0.133. The summed E-state index contributed by atoms with van der Waals surface area (Å²) in [5.74, 6) is 1.02. The summed E-state index contributed by atoms with van der Waals surface area (Å²) in [6, 6.07) is 10.5. The number of amides is 2. The second kappa shape index (κ2) is 15.1. The lowest BCUT2D eigenvalue weighted by Crippen LogP contribution is -2.48. The second-order valence-electron chi connectivity index (χ2n) is 13.9. The number of likely N-dealkylation sites (N-methyl/N-ethyl adjacent to an activating group) is 1. The molecule has 1 saturated heterocycles. The summed E-state index contributed by atoms with van der Waals surface area (Å²) in [5.41, 5.74) is 2.36. The molecule has 2 amide bonds. The molecule has 50 heavy (non-hydrogen) atoms. The molecule has 0 atom stereocenters. The number of sulfone groups is 1. The van der Waals surface area contributed by atoms with Crippen LogP contribution in [0.25, 0.3) is 0 Å². The molecule has 6 rings (SSSR count). The maximum Gasteiger partial charge on any atom is 0.254 e. The molecule has 0 bridgehead atoms. The van der Waals surface area contributed by atoms with E-state index in [9.17, 15) is 18.0 Å². The van der Waals surface area contributed by atoms with Crippen LogP contribution in [0, 0.1) is 0 Å². The van der Waals surface area contributed by atoms with Crippen molar-refractivity contribution in [2.24, 2.45) is 0 Å². The summed E-state index contributed by atoms with van der Waals surface area (Å²) in [5, 5.41) is 6.17. The standard InChI is InChI=1S/C36H46ClN7O5S/c1-23(2)49-31-18-24-21-44(25-14-16-43(17-15-25)33(45)22-42(3)4)35(46)27(24)19-30(31)40-36-38-20-28(37)34(41-36)39-29-12-8-9-13-32(29)50(47,48)26-10-6-5-7-11-26/h8-9,12-13,18-20,23,25-26H,5-7,10-11,14-17,21-22H2,1-4H3,(H2,38,39,40,41). The van der Waals surface area contributed by atoms with Crippen LogP contribution < -0.4 is 15.4 Å². The molecule has 1 saturated carbocycles. The van der Waals surface area contributed by atoms with Crippen molar-refractivity contribution in [3.05, 3.63) is 58.7 Å². The number of likely N-dealkylation sites (tertiary alicyclic amines) is 1. The first-order valence-corrected chi connectivity index (χ1v) is 19.3. The first-order chi connectivity index (χ1) is 23.9. The number of carbonyl (C=O) groups is 2. The molecule has 3 aromatic rings. The van der Waals surface area contributed by atoms with E-state index in [0.29, 0.717) is 61.7 Å². The number of piperidine rings is 1. The van der Waals surface area contributed by atoms with Gasteiger partial charge in [0.1, 0.15) is 10.8 Å². The first-order valence-electron chi connectivity index (χ1n) is 17.4. The van der Waals surface area contributed by atoms with E-state index in [1.807, 2.05) is 48.7 Å². The van der Waals surface area contributed by atoms with Crippen molar-refractivity contribution >= 4 is 56.4 Å². The highest BCUT2D eigenvalue weighted by molar-refractivity contribution is 7.92. The molecule has 2 fully saturated rings. The van der Waals surface area contributed by atoms with E-state index in [4.69, 9.17) is 16.3 Å². The minimum absolute atomic E-state index is 0.0298. The largest absolute Gasteiger partial charge is 0.489 e. The van der Waals surface area contributed by atoms with E-state index in [1.54, 1.807) is 30.3 Å². The Hall–Kier alpha value is -3.94. The van der Waals surface area contributed by atoms with E-state index < -0.39 is 15.1 Å². The third-order valence-corrected chi connectivity index (χ3v) is 12.1. The molecular weight excluding hydrogens is 678 g/mol. The number of anilines is 4. The van der Waals surface area contributed by atoms with Gasteiger partial charge in [0, 0.05) is 31.2 Å². The van der Waals surface area contributed by atoms with Crippen molar-refractivity contribution in [3.63, 3.8) is 0 Å². The van der Waals surface area contributed by atoms with Gasteiger partial charge in [-0.2, -0.15) is 4.98 Å².